The van der Waals surface area contributed by atoms with Crippen LogP contribution in [0.15, 0.2) is 72.8 Å². The summed E-state index contributed by atoms with van der Waals surface area (Å²) in [6.45, 7) is 9.25. The van der Waals surface area contributed by atoms with Crippen molar-refractivity contribution in [2.24, 2.45) is 0 Å². The van der Waals surface area contributed by atoms with Gasteiger partial charge in [0.05, 0.1) is 7.11 Å². The number of methoxy groups -OCH3 is 1. The van der Waals surface area contributed by atoms with Crippen LogP contribution in [0.5, 0.6) is 11.5 Å². The fourth-order valence-electron chi connectivity index (χ4n) is 4.60. The summed E-state index contributed by atoms with van der Waals surface area (Å²) in [6, 6.07) is 19.1. The van der Waals surface area contributed by atoms with E-state index >= 15 is 0 Å². The molecule has 0 fully saturated rings. The third kappa shape index (κ3) is 9.77. The highest BCUT2D eigenvalue weighted by atomic mass is 16.6. The summed E-state index contributed by atoms with van der Waals surface area (Å²) in [4.78, 5) is 43.0. The van der Waals surface area contributed by atoms with Crippen molar-refractivity contribution in [3.63, 3.8) is 0 Å². The number of aryl methyl sites for hydroxylation is 1. The molecule has 9 heteroatoms. The van der Waals surface area contributed by atoms with Gasteiger partial charge in [-0.05, 0) is 87.2 Å². The Kier molecular flexibility index (Phi) is 11.6. The molecule has 0 saturated heterocycles. The SMILES string of the molecule is CCCCN(C(=O)C(Cc1ccccc1)NC(=O)OC(C)(C)C)C(C(=O)Nc1ccc(OC)cc1)c1ccc(O)c(C)c1. The van der Waals surface area contributed by atoms with E-state index < -0.39 is 35.6 Å². The highest BCUT2D eigenvalue weighted by Crippen LogP contribution is 2.29. The van der Waals surface area contributed by atoms with Gasteiger partial charge in [0.15, 0.2) is 0 Å². The van der Waals surface area contributed by atoms with Gasteiger partial charge in [-0.2, -0.15) is 0 Å². The van der Waals surface area contributed by atoms with E-state index in [0.717, 1.165) is 12.0 Å². The standard InChI is InChI=1S/C34H43N3O6/c1-7-8-20-37(32(40)28(22-24-12-10-9-11-13-24)36-33(41)43-34(3,4)5)30(25-14-19-29(38)23(2)21-25)31(39)35-26-15-17-27(42-6)18-16-26/h9-19,21,28,30,38H,7-8,20,22H2,1-6H3,(H,35,39)(H,36,41). The minimum atomic E-state index is -1.06. The zero-order valence-corrected chi connectivity index (χ0v) is 25.8. The molecule has 230 valence electrons. The molecule has 0 aliphatic carbocycles. The Morgan fingerprint density at radius 1 is 0.977 bits per heavy atom. The maximum atomic E-state index is 14.5. The number of benzene rings is 3. The number of carbonyl (C=O) groups is 3. The molecule has 9 nitrogen and oxygen atoms in total. The first-order valence-corrected chi connectivity index (χ1v) is 14.5. The van der Waals surface area contributed by atoms with Crippen LogP contribution >= 0.6 is 0 Å². The number of hydrogen-bond donors (Lipinski definition) is 3. The first kappa shape index (κ1) is 33.0. The molecule has 3 rings (SSSR count). The minimum absolute atomic E-state index is 0.0815. The van der Waals surface area contributed by atoms with Gasteiger partial charge in [-0.25, -0.2) is 4.79 Å². The smallest absolute Gasteiger partial charge is 0.408 e. The summed E-state index contributed by atoms with van der Waals surface area (Å²) < 4.78 is 10.7. The Morgan fingerprint density at radius 3 is 2.23 bits per heavy atom. The topological polar surface area (TPSA) is 117 Å². The number of rotatable bonds is 12. The second-order valence-electron chi connectivity index (χ2n) is 11.4. The molecule has 0 aromatic heterocycles. The fraction of sp³-hybridized carbons (Fsp3) is 0.382. The van der Waals surface area contributed by atoms with Crippen LogP contribution in [0.25, 0.3) is 0 Å². The average Bonchev–Trinajstić information content (AvgIpc) is 2.96. The molecule has 2 unspecified atom stereocenters. The largest absolute Gasteiger partial charge is 0.508 e. The van der Waals surface area contributed by atoms with Crippen molar-refractivity contribution in [1.29, 1.82) is 0 Å². The summed E-state index contributed by atoms with van der Waals surface area (Å²) in [7, 11) is 1.56. The Balaban J connectivity index is 2.06. The van der Waals surface area contributed by atoms with E-state index in [4.69, 9.17) is 9.47 Å². The zero-order chi connectivity index (χ0) is 31.6. The number of carbonyl (C=O) groups excluding carboxylic acids is 3. The van der Waals surface area contributed by atoms with E-state index in [1.54, 1.807) is 71.2 Å². The summed E-state index contributed by atoms with van der Waals surface area (Å²) in [5, 5.41) is 15.9. The highest BCUT2D eigenvalue weighted by Gasteiger charge is 2.36. The second kappa shape index (κ2) is 15.1. The highest BCUT2D eigenvalue weighted by molar-refractivity contribution is 5.99. The number of phenolic OH excluding ortho intramolecular Hbond substituents is 1. The molecular weight excluding hydrogens is 546 g/mol. The van der Waals surface area contributed by atoms with Gasteiger partial charge in [-0.3, -0.25) is 9.59 Å². The first-order chi connectivity index (χ1) is 20.4. The average molecular weight is 590 g/mol. The molecule has 3 aromatic rings. The maximum Gasteiger partial charge on any atom is 0.408 e. The number of anilines is 1. The number of hydrogen-bond acceptors (Lipinski definition) is 6. The lowest BCUT2D eigenvalue weighted by molar-refractivity contribution is -0.140. The molecule has 0 spiro atoms. The Hall–Kier alpha value is -4.53. The van der Waals surface area contributed by atoms with Crippen LogP contribution in [0.1, 0.15) is 63.3 Å². The lowest BCUT2D eigenvalue weighted by Gasteiger charge is -2.35. The van der Waals surface area contributed by atoms with Crippen molar-refractivity contribution in [1.82, 2.24) is 10.2 Å². The molecule has 0 saturated carbocycles. The van der Waals surface area contributed by atoms with Crippen molar-refractivity contribution >= 4 is 23.6 Å². The van der Waals surface area contributed by atoms with Gasteiger partial charge < -0.3 is 30.1 Å². The van der Waals surface area contributed by atoms with Gasteiger partial charge in [0.2, 0.25) is 5.91 Å². The summed E-state index contributed by atoms with van der Waals surface area (Å²) >= 11 is 0. The maximum absolute atomic E-state index is 14.5. The number of aromatic hydroxyl groups is 1. The minimum Gasteiger partial charge on any atom is -0.508 e. The number of unbranched alkanes of at least 4 members (excludes halogenated alkanes) is 1. The van der Waals surface area contributed by atoms with E-state index in [1.165, 1.54) is 11.0 Å². The van der Waals surface area contributed by atoms with Gasteiger partial charge in [0, 0.05) is 18.7 Å². The molecule has 3 aromatic carbocycles. The number of phenols is 1. The fourth-order valence-corrected chi connectivity index (χ4v) is 4.60. The Bertz CT molecular complexity index is 1370. The van der Waals surface area contributed by atoms with Crippen LogP contribution in [-0.2, 0) is 20.7 Å². The number of alkyl carbamates (subject to hydrolysis) is 1. The third-order valence-electron chi connectivity index (χ3n) is 6.76. The number of ether oxygens (including phenoxy) is 2. The normalized spacial score (nSPS) is 12.5. The summed E-state index contributed by atoms with van der Waals surface area (Å²) in [5.41, 5.74) is 1.70. The lowest BCUT2D eigenvalue weighted by Crippen LogP contribution is -2.53. The molecule has 0 heterocycles. The molecule has 0 radical (unpaired) electrons. The number of nitrogens with one attached hydrogen (secondary N) is 2. The molecule has 2 atom stereocenters. The molecule has 0 bridgehead atoms. The zero-order valence-electron chi connectivity index (χ0n) is 25.8. The van der Waals surface area contributed by atoms with Gasteiger partial charge >= 0.3 is 6.09 Å². The van der Waals surface area contributed by atoms with Crippen LogP contribution in [-0.4, -0.2) is 53.2 Å². The monoisotopic (exact) mass is 589 g/mol. The molecule has 3 N–H and O–H groups in total. The van der Waals surface area contributed by atoms with Gasteiger partial charge in [-0.15, -0.1) is 0 Å². The predicted octanol–water partition coefficient (Wildman–Crippen LogP) is 6.15. The van der Waals surface area contributed by atoms with Crippen LogP contribution in [0.2, 0.25) is 0 Å². The third-order valence-corrected chi connectivity index (χ3v) is 6.76. The lowest BCUT2D eigenvalue weighted by atomic mass is 9.98. The molecule has 43 heavy (non-hydrogen) atoms. The van der Waals surface area contributed by atoms with Crippen molar-refractivity contribution < 1.29 is 29.0 Å². The van der Waals surface area contributed by atoms with Gasteiger partial charge in [0.25, 0.3) is 5.91 Å². The Labute approximate surface area is 254 Å². The van der Waals surface area contributed by atoms with Crippen LogP contribution in [0, 0.1) is 6.92 Å². The molecule has 0 aliphatic rings. The van der Waals surface area contributed by atoms with E-state index in [9.17, 15) is 19.5 Å². The Morgan fingerprint density at radius 2 is 1.65 bits per heavy atom. The van der Waals surface area contributed by atoms with Gasteiger partial charge in [0.1, 0.15) is 29.2 Å². The van der Waals surface area contributed by atoms with Crippen molar-refractivity contribution in [3.05, 3.63) is 89.5 Å². The van der Waals surface area contributed by atoms with Crippen LogP contribution in [0.3, 0.4) is 0 Å². The van der Waals surface area contributed by atoms with E-state index in [-0.39, 0.29) is 18.7 Å². The van der Waals surface area contributed by atoms with Crippen molar-refractivity contribution in [2.75, 3.05) is 19.0 Å². The van der Waals surface area contributed by atoms with E-state index in [1.807, 2.05) is 37.3 Å². The summed E-state index contributed by atoms with van der Waals surface area (Å²) in [5.74, 6) is -0.141. The van der Waals surface area contributed by atoms with Gasteiger partial charge in [-0.1, -0.05) is 49.7 Å². The number of nitrogens with zero attached hydrogens (tertiary/aromatic N) is 1. The predicted molar refractivity (Wildman–Crippen MR) is 167 cm³/mol. The van der Waals surface area contributed by atoms with Crippen LogP contribution in [0.4, 0.5) is 10.5 Å². The van der Waals surface area contributed by atoms with Crippen LogP contribution < -0.4 is 15.4 Å². The van der Waals surface area contributed by atoms with E-state index in [0.29, 0.717) is 29.0 Å². The molecule has 3 amide bonds. The quantitative estimate of drug-likeness (QED) is 0.233. The van der Waals surface area contributed by atoms with E-state index in [2.05, 4.69) is 10.6 Å². The van der Waals surface area contributed by atoms with Crippen molar-refractivity contribution in [2.45, 2.75) is 71.6 Å². The number of amides is 3. The second-order valence-corrected chi connectivity index (χ2v) is 11.4. The molecule has 0 aliphatic heterocycles. The first-order valence-electron chi connectivity index (χ1n) is 14.5. The molecular formula is C34H43N3O6. The van der Waals surface area contributed by atoms with Crippen molar-refractivity contribution in [3.8, 4) is 11.5 Å². The summed E-state index contributed by atoms with van der Waals surface area (Å²) in [6.07, 6.45) is 0.869.